The molecule has 0 saturated carbocycles. The third kappa shape index (κ3) is 7.96. The molecule has 42 heavy (non-hydrogen) atoms. The standard InChI is InChI=1S/C29H43N7O6/c1-19(2)9-13-36-24-8-7-21-16-22(24)27(33-36)28(40)30-10-14-34(29(41)23-18-42-20(3)31-23)11-4-6-26(39)35(12-5-15-37)17-25(38)32-21/h18-19,21,37H,4-17H2,1-3H3,(H,30,40)(H,32,38). The number of nitrogens with one attached hydrogen (secondary N) is 2. The first-order valence-corrected chi connectivity index (χ1v) is 14.9. The van der Waals surface area contributed by atoms with E-state index in [1.54, 1.807) is 11.8 Å². The Hall–Kier alpha value is -3.74. The molecule has 2 aromatic rings. The van der Waals surface area contributed by atoms with E-state index in [2.05, 4.69) is 29.5 Å². The van der Waals surface area contributed by atoms with Gasteiger partial charge in [-0.1, -0.05) is 13.8 Å². The molecular weight excluding hydrogens is 542 g/mol. The normalized spacial score (nSPS) is 19.1. The molecule has 0 fully saturated rings. The summed E-state index contributed by atoms with van der Waals surface area (Å²) in [6, 6.07) is -0.191. The predicted molar refractivity (Wildman–Crippen MR) is 153 cm³/mol. The molecular formula is C29H43N7O6. The molecule has 13 nitrogen and oxygen atoms in total. The third-order valence-electron chi connectivity index (χ3n) is 7.73. The molecule has 0 aromatic carbocycles. The highest BCUT2D eigenvalue weighted by Crippen LogP contribution is 2.26. The molecule has 4 rings (SSSR count). The average molecular weight is 586 g/mol. The lowest BCUT2D eigenvalue weighted by Gasteiger charge is -2.27. The molecule has 230 valence electrons. The van der Waals surface area contributed by atoms with Gasteiger partial charge < -0.3 is 30.0 Å². The molecule has 2 aliphatic rings. The SMILES string of the molecule is Cc1nc(C(=O)N2CCCC(=O)N(CCCO)CC(=O)NC3CCc4c(c(nn4CCC(C)C)C(=O)NCC2)C3)co1. The van der Waals surface area contributed by atoms with Crippen molar-refractivity contribution in [2.24, 2.45) is 5.92 Å². The summed E-state index contributed by atoms with van der Waals surface area (Å²) in [5.41, 5.74) is 2.35. The van der Waals surface area contributed by atoms with Crippen molar-refractivity contribution in [3.63, 3.8) is 0 Å². The van der Waals surface area contributed by atoms with Crippen LogP contribution >= 0.6 is 0 Å². The topological polar surface area (TPSA) is 163 Å². The Balaban J connectivity index is 1.60. The first kappa shape index (κ1) is 31.2. The van der Waals surface area contributed by atoms with E-state index in [1.807, 2.05) is 4.68 Å². The Labute approximate surface area is 246 Å². The van der Waals surface area contributed by atoms with Gasteiger partial charge in [0.15, 0.2) is 17.3 Å². The van der Waals surface area contributed by atoms with Crippen molar-refractivity contribution in [2.75, 3.05) is 39.3 Å². The van der Waals surface area contributed by atoms with Crippen LogP contribution in [0.15, 0.2) is 10.7 Å². The Morgan fingerprint density at radius 2 is 2.00 bits per heavy atom. The van der Waals surface area contributed by atoms with Gasteiger partial charge in [0.05, 0.1) is 6.54 Å². The number of carbonyl (C=O) groups is 4. The number of amides is 4. The van der Waals surface area contributed by atoms with Crippen molar-refractivity contribution in [3.8, 4) is 0 Å². The maximum atomic E-state index is 13.4. The smallest absolute Gasteiger partial charge is 0.275 e. The van der Waals surface area contributed by atoms with Crippen LogP contribution in [0.25, 0.3) is 0 Å². The van der Waals surface area contributed by atoms with Crippen LogP contribution in [0.2, 0.25) is 0 Å². The molecule has 1 aliphatic heterocycles. The number of aryl methyl sites for hydroxylation is 2. The van der Waals surface area contributed by atoms with Crippen LogP contribution in [0.5, 0.6) is 0 Å². The van der Waals surface area contributed by atoms with Crippen LogP contribution in [0.1, 0.15) is 84.1 Å². The second-order valence-corrected chi connectivity index (χ2v) is 11.5. The molecule has 0 radical (unpaired) electrons. The van der Waals surface area contributed by atoms with Gasteiger partial charge in [-0.25, -0.2) is 4.98 Å². The summed E-state index contributed by atoms with van der Waals surface area (Å²) in [6.07, 6.45) is 4.89. The summed E-state index contributed by atoms with van der Waals surface area (Å²) < 4.78 is 7.15. The number of aliphatic hydroxyl groups is 1. The number of fused-ring (bicyclic) bond motifs is 1. The van der Waals surface area contributed by atoms with E-state index in [-0.39, 0.29) is 81.1 Å². The maximum absolute atomic E-state index is 13.4. The zero-order valence-corrected chi connectivity index (χ0v) is 24.9. The van der Waals surface area contributed by atoms with E-state index in [1.165, 1.54) is 11.2 Å². The fraction of sp³-hybridized carbons (Fsp3) is 0.655. The summed E-state index contributed by atoms with van der Waals surface area (Å²) in [5, 5.41) is 20.0. The third-order valence-corrected chi connectivity index (χ3v) is 7.73. The molecule has 3 N–H and O–H groups in total. The maximum Gasteiger partial charge on any atom is 0.275 e. The fourth-order valence-corrected chi connectivity index (χ4v) is 5.46. The summed E-state index contributed by atoms with van der Waals surface area (Å²) in [6.45, 7) is 7.31. The zero-order chi connectivity index (χ0) is 30.2. The van der Waals surface area contributed by atoms with Crippen LogP contribution in [-0.4, -0.2) is 98.7 Å². The van der Waals surface area contributed by atoms with Gasteiger partial charge in [0, 0.05) is 70.0 Å². The largest absolute Gasteiger partial charge is 0.448 e. The van der Waals surface area contributed by atoms with Gasteiger partial charge in [0.1, 0.15) is 6.26 Å². The summed E-state index contributed by atoms with van der Waals surface area (Å²) >= 11 is 0. The lowest BCUT2D eigenvalue weighted by atomic mass is 9.91. The van der Waals surface area contributed by atoms with Crippen molar-refractivity contribution in [1.82, 2.24) is 35.2 Å². The second-order valence-electron chi connectivity index (χ2n) is 11.5. The van der Waals surface area contributed by atoms with Gasteiger partial charge in [-0.2, -0.15) is 5.10 Å². The zero-order valence-electron chi connectivity index (χ0n) is 24.9. The highest BCUT2D eigenvalue weighted by Gasteiger charge is 2.31. The lowest BCUT2D eigenvalue weighted by Crippen LogP contribution is -2.46. The van der Waals surface area contributed by atoms with E-state index in [9.17, 15) is 24.3 Å². The first-order chi connectivity index (χ1) is 20.2. The molecule has 1 unspecified atom stereocenters. The number of rotatable bonds is 7. The van der Waals surface area contributed by atoms with Crippen molar-refractivity contribution >= 4 is 23.6 Å². The Kier molecular flexibility index (Phi) is 10.7. The molecule has 1 aliphatic carbocycles. The monoisotopic (exact) mass is 585 g/mol. The minimum atomic E-state index is -0.360. The van der Waals surface area contributed by atoms with Crippen molar-refractivity contribution in [1.29, 1.82) is 0 Å². The van der Waals surface area contributed by atoms with E-state index < -0.39 is 0 Å². The molecule has 13 heteroatoms. The predicted octanol–water partition coefficient (Wildman–Crippen LogP) is 1.08. The van der Waals surface area contributed by atoms with Gasteiger partial charge in [-0.15, -0.1) is 0 Å². The summed E-state index contributed by atoms with van der Waals surface area (Å²) in [4.78, 5) is 60.0. The van der Waals surface area contributed by atoms with E-state index in [0.717, 1.165) is 17.7 Å². The number of aliphatic hydroxyl groups excluding tert-OH is 1. The van der Waals surface area contributed by atoms with Crippen LogP contribution in [-0.2, 0) is 29.0 Å². The van der Waals surface area contributed by atoms with Crippen LogP contribution < -0.4 is 10.6 Å². The number of hydrogen-bond donors (Lipinski definition) is 3. The molecule has 2 bridgehead atoms. The van der Waals surface area contributed by atoms with E-state index in [4.69, 9.17) is 9.52 Å². The number of aromatic nitrogens is 3. The Bertz CT molecular complexity index is 1270. The van der Waals surface area contributed by atoms with Crippen molar-refractivity contribution in [3.05, 3.63) is 34.8 Å². The summed E-state index contributed by atoms with van der Waals surface area (Å²) in [5.74, 6) is -0.343. The average Bonchev–Trinajstić information content (AvgIpc) is 3.55. The highest BCUT2D eigenvalue weighted by atomic mass is 16.3. The molecule has 1 atom stereocenters. The van der Waals surface area contributed by atoms with Gasteiger partial charge in [-0.3, -0.25) is 23.9 Å². The van der Waals surface area contributed by atoms with Gasteiger partial charge in [0.2, 0.25) is 11.8 Å². The molecule has 2 aromatic heterocycles. The molecule has 0 spiro atoms. The van der Waals surface area contributed by atoms with Crippen molar-refractivity contribution in [2.45, 2.75) is 78.3 Å². The Morgan fingerprint density at radius 3 is 2.71 bits per heavy atom. The number of oxazole rings is 1. The minimum absolute atomic E-state index is 0.0964. The first-order valence-electron chi connectivity index (χ1n) is 14.9. The second kappa shape index (κ2) is 14.4. The van der Waals surface area contributed by atoms with Gasteiger partial charge in [-0.05, 0) is 44.4 Å². The van der Waals surface area contributed by atoms with Gasteiger partial charge in [0.25, 0.3) is 11.8 Å². The molecule has 0 saturated heterocycles. The van der Waals surface area contributed by atoms with Gasteiger partial charge >= 0.3 is 0 Å². The number of carbonyl (C=O) groups excluding carboxylic acids is 4. The van der Waals surface area contributed by atoms with Crippen LogP contribution in [0, 0.1) is 12.8 Å². The van der Waals surface area contributed by atoms with E-state index in [0.29, 0.717) is 56.2 Å². The molecule has 3 heterocycles. The van der Waals surface area contributed by atoms with Crippen molar-refractivity contribution < 1.29 is 28.7 Å². The Morgan fingerprint density at radius 1 is 1.19 bits per heavy atom. The lowest BCUT2D eigenvalue weighted by molar-refractivity contribution is -0.136. The number of hydrogen-bond acceptors (Lipinski definition) is 8. The van der Waals surface area contributed by atoms with E-state index >= 15 is 0 Å². The minimum Gasteiger partial charge on any atom is -0.448 e. The fourth-order valence-electron chi connectivity index (χ4n) is 5.46. The highest BCUT2D eigenvalue weighted by molar-refractivity contribution is 5.94. The summed E-state index contributed by atoms with van der Waals surface area (Å²) in [7, 11) is 0. The number of nitrogens with zero attached hydrogens (tertiary/aromatic N) is 5. The van der Waals surface area contributed by atoms with Crippen LogP contribution in [0.4, 0.5) is 0 Å². The molecule has 4 amide bonds. The quantitative estimate of drug-likeness (QED) is 0.435. The van der Waals surface area contributed by atoms with Crippen LogP contribution in [0.3, 0.4) is 0 Å².